The van der Waals surface area contributed by atoms with Crippen LogP contribution in [0.2, 0.25) is 0 Å². The van der Waals surface area contributed by atoms with Gasteiger partial charge >= 0.3 is 0 Å². The van der Waals surface area contributed by atoms with Crippen molar-refractivity contribution >= 4 is 23.2 Å². The number of anilines is 1. The van der Waals surface area contributed by atoms with E-state index in [-0.39, 0.29) is 11.8 Å². The van der Waals surface area contributed by atoms with E-state index >= 15 is 0 Å². The van der Waals surface area contributed by atoms with Crippen molar-refractivity contribution in [2.75, 3.05) is 4.90 Å². The average molecular weight is 368 g/mol. The number of amides is 2. The smallest absolute Gasteiger partial charge is 0.278 e. The van der Waals surface area contributed by atoms with Crippen molar-refractivity contribution in [3.63, 3.8) is 0 Å². The first kappa shape index (κ1) is 17.9. The van der Waals surface area contributed by atoms with Gasteiger partial charge in [0.15, 0.2) is 0 Å². The van der Waals surface area contributed by atoms with Crippen LogP contribution >= 0.6 is 0 Å². The van der Waals surface area contributed by atoms with Crippen molar-refractivity contribution in [1.82, 2.24) is 0 Å². The fourth-order valence-corrected chi connectivity index (χ4v) is 3.38. The van der Waals surface area contributed by atoms with Gasteiger partial charge in [-0.05, 0) is 30.2 Å². The van der Waals surface area contributed by atoms with Crippen molar-refractivity contribution in [3.8, 4) is 0 Å². The van der Waals surface area contributed by atoms with Gasteiger partial charge in [-0.15, -0.1) is 0 Å². The number of hydrogen-bond donors (Lipinski definition) is 0. The van der Waals surface area contributed by atoms with Crippen LogP contribution in [0.1, 0.15) is 22.6 Å². The molecule has 0 bridgehead atoms. The summed E-state index contributed by atoms with van der Waals surface area (Å²) in [7, 11) is 0. The third-order valence-electron chi connectivity index (χ3n) is 4.86. The molecule has 28 heavy (non-hydrogen) atoms. The van der Waals surface area contributed by atoms with Crippen LogP contribution < -0.4 is 4.90 Å². The number of aryl methyl sites for hydroxylation is 1. The predicted molar refractivity (Wildman–Crippen MR) is 110 cm³/mol. The Morgan fingerprint density at radius 3 is 2.07 bits per heavy atom. The number of benzene rings is 3. The van der Waals surface area contributed by atoms with E-state index in [1.54, 1.807) is 12.1 Å². The standard InChI is InChI=1S/C24H20N2O2/c1-17-12-14-19(15-13-17)21-22(25-16-18-8-4-2-5-9-18)24(28)26(23(21)27)20-10-6-3-7-11-20/h2-15,21H,16H2,1H3. The molecule has 0 aliphatic carbocycles. The quantitative estimate of drug-likeness (QED) is 0.645. The van der Waals surface area contributed by atoms with Crippen LogP contribution in [0.4, 0.5) is 5.69 Å². The lowest BCUT2D eigenvalue weighted by Gasteiger charge is -2.14. The lowest BCUT2D eigenvalue weighted by Crippen LogP contribution is -2.30. The molecule has 0 saturated carbocycles. The van der Waals surface area contributed by atoms with E-state index in [0.29, 0.717) is 17.9 Å². The number of aliphatic imine (C=N–C) groups is 1. The molecular weight excluding hydrogens is 348 g/mol. The first-order valence-electron chi connectivity index (χ1n) is 9.23. The van der Waals surface area contributed by atoms with Crippen LogP contribution in [0.25, 0.3) is 0 Å². The van der Waals surface area contributed by atoms with E-state index < -0.39 is 5.92 Å². The Morgan fingerprint density at radius 1 is 0.821 bits per heavy atom. The van der Waals surface area contributed by atoms with Crippen molar-refractivity contribution < 1.29 is 9.59 Å². The fraction of sp³-hybridized carbons (Fsp3) is 0.125. The number of carbonyl (C=O) groups is 2. The molecule has 2 amide bonds. The molecule has 1 fully saturated rings. The van der Waals surface area contributed by atoms with Gasteiger partial charge in [0.2, 0.25) is 5.91 Å². The van der Waals surface area contributed by atoms with Gasteiger partial charge in [0.05, 0.1) is 12.2 Å². The summed E-state index contributed by atoms with van der Waals surface area (Å²) in [6.07, 6.45) is 0. The van der Waals surface area contributed by atoms with Gasteiger partial charge in [-0.2, -0.15) is 0 Å². The van der Waals surface area contributed by atoms with Crippen molar-refractivity contribution in [1.29, 1.82) is 0 Å². The highest BCUT2D eigenvalue weighted by Crippen LogP contribution is 2.32. The second-order valence-corrected chi connectivity index (χ2v) is 6.85. The third-order valence-corrected chi connectivity index (χ3v) is 4.86. The van der Waals surface area contributed by atoms with Gasteiger partial charge in [0.1, 0.15) is 11.6 Å². The topological polar surface area (TPSA) is 49.7 Å². The zero-order valence-corrected chi connectivity index (χ0v) is 15.6. The largest absolute Gasteiger partial charge is 0.280 e. The Kier molecular flexibility index (Phi) is 4.85. The maximum atomic E-state index is 13.2. The molecule has 3 aromatic carbocycles. The van der Waals surface area contributed by atoms with E-state index in [1.165, 1.54) is 4.90 Å². The lowest BCUT2D eigenvalue weighted by atomic mass is 9.95. The second-order valence-electron chi connectivity index (χ2n) is 6.85. The maximum Gasteiger partial charge on any atom is 0.280 e. The van der Waals surface area contributed by atoms with Crippen molar-refractivity contribution in [2.24, 2.45) is 4.99 Å². The highest BCUT2D eigenvalue weighted by Gasteiger charge is 2.46. The molecule has 4 heteroatoms. The molecular formula is C24H20N2O2. The molecule has 1 aliphatic rings. The minimum absolute atomic E-state index is 0.258. The molecule has 1 heterocycles. The molecule has 3 aromatic rings. The van der Waals surface area contributed by atoms with Gasteiger partial charge < -0.3 is 0 Å². The number of hydrogen-bond acceptors (Lipinski definition) is 3. The first-order valence-corrected chi connectivity index (χ1v) is 9.23. The molecule has 0 N–H and O–H groups in total. The Labute approximate surface area is 164 Å². The highest BCUT2D eigenvalue weighted by atomic mass is 16.2. The molecule has 1 atom stereocenters. The lowest BCUT2D eigenvalue weighted by molar-refractivity contribution is -0.121. The minimum Gasteiger partial charge on any atom is -0.278 e. The maximum absolute atomic E-state index is 13.2. The minimum atomic E-state index is -0.683. The van der Waals surface area contributed by atoms with E-state index in [2.05, 4.69) is 4.99 Å². The third kappa shape index (κ3) is 3.37. The normalized spacial score (nSPS) is 18.1. The summed E-state index contributed by atoms with van der Waals surface area (Å²) in [6, 6.07) is 26.5. The number of imide groups is 1. The Morgan fingerprint density at radius 2 is 1.43 bits per heavy atom. The molecule has 0 aromatic heterocycles. The molecule has 1 unspecified atom stereocenters. The molecule has 0 radical (unpaired) electrons. The highest BCUT2D eigenvalue weighted by molar-refractivity contribution is 6.59. The van der Waals surface area contributed by atoms with Crippen molar-refractivity contribution in [2.45, 2.75) is 19.4 Å². The van der Waals surface area contributed by atoms with Crippen LogP contribution in [-0.2, 0) is 16.1 Å². The zero-order valence-electron chi connectivity index (χ0n) is 15.6. The number of rotatable bonds is 4. The van der Waals surface area contributed by atoms with E-state index in [4.69, 9.17) is 0 Å². The van der Waals surface area contributed by atoms with Crippen LogP contribution in [0.3, 0.4) is 0 Å². The fourth-order valence-electron chi connectivity index (χ4n) is 3.38. The van der Waals surface area contributed by atoms with Gasteiger partial charge in [0, 0.05) is 0 Å². The molecule has 1 saturated heterocycles. The molecule has 4 rings (SSSR count). The van der Waals surface area contributed by atoms with Crippen LogP contribution in [0.15, 0.2) is 89.9 Å². The summed E-state index contributed by atoms with van der Waals surface area (Å²) >= 11 is 0. The Balaban J connectivity index is 1.76. The summed E-state index contributed by atoms with van der Waals surface area (Å²) in [5.74, 6) is -1.29. The van der Waals surface area contributed by atoms with E-state index in [0.717, 1.165) is 16.7 Å². The summed E-state index contributed by atoms with van der Waals surface area (Å²) < 4.78 is 0. The van der Waals surface area contributed by atoms with Crippen LogP contribution in [-0.4, -0.2) is 17.5 Å². The number of para-hydroxylation sites is 1. The van der Waals surface area contributed by atoms with Gasteiger partial charge in [-0.3, -0.25) is 14.6 Å². The molecule has 138 valence electrons. The number of carbonyl (C=O) groups excluding carboxylic acids is 2. The first-order chi connectivity index (χ1) is 13.6. The van der Waals surface area contributed by atoms with E-state index in [1.807, 2.05) is 79.7 Å². The zero-order chi connectivity index (χ0) is 19.5. The molecule has 0 spiro atoms. The second kappa shape index (κ2) is 7.61. The van der Waals surface area contributed by atoms with Gasteiger partial charge in [0.25, 0.3) is 5.91 Å². The summed E-state index contributed by atoms with van der Waals surface area (Å²) in [5, 5.41) is 0. The molecule has 4 nitrogen and oxygen atoms in total. The van der Waals surface area contributed by atoms with Crippen LogP contribution in [0, 0.1) is 6.92 Å². The van der Waals surface area contributed by atoms with Gasteiger partial charge in [-0.1, -0.05) is 78.4 Å². The summed E-state index contributed by atoms with van der Waals surface area (Å²) in [4.78, 5) is 32.2. The predicted octanol–water partition coefficient (Wildman–Crippen LogP) is 4.29. The summed E-state index contributed by atoms with van der Waals surface area (Å²) in [6.45, 7) is 2.35. The number of nitrogens with zero attached hydrogens (tertiary/aromatic N) is 2. The monoisotopic (exact) mass is 368 g/mol. The van der Waals surface area contributed by atoms with Gasteiger partial charge in [-0.25, -0.2) is 4.90 Å². The van der Waals surface area contributed by atoms with E-state index in [9.17, 15) is 9.59 Å². The van der Waals surface area contributed by atoms with Crippen LogP contribution in [0.5, 0.6) is 0 Å². The summed E-state index contributed by atoms with van der Waals surface area (Å²) in [5.41, 5.74) is 3.74. The Bertz CT molecular complexity index is 1030. The van der Waals surface area contributed by atoms with Crippen molar-refractivity contribution in [3.05, 3.63) is 102 Å². The Hall–Kier alpha value is -3.53. The SMILES string of the molecule is Cc1ccc(C2C(=O)N(c3ccccc3)C(=O)C2=NCc2ccccc2)cc1. The molecule has 1 aliphatic heterocycles. The average Bonchev–Trinajstić information content (AvgIpc) is 2.98.